The maximum absolute atomic E-state index is 3.61. The molecule has 0 bridgehead atoms. The minimum Gasteiger partial charge on any atom is -0.309 e. The number of nitrogens with one attached hydrogen (secondary N) is 1. The summed E-state index contributed by atoms with van der Waals surface area (Å²) >= 11 is 0. The van der Waals surface area contributed by atoms with Crippen LogP contribution in [0.3, 0.4) is 0 Å². The quantitative estimate of drug-likeness (QED) is 0.137. The van der Waals surface area contributed by atoms with Crippen molar-refractivity contribution in [1.82, 2.24) is 5.32 Å². The summed E-state index contributed by atoms with van der Waals surface area (Å²) in [6.45, 7) is 1.68. The highest BCUT2D eigenvalue weighted by Crippen LogP contribution is 2.40. The number of rotatable bonds is 7. The van der Waals surface area contributed by atoms with Crippen LogP contribution in [0, 0.1) is 0 Å². The molecule has 0 fully saturated rings. The molecule has 0 amide bonds. The highest BCUT2D eigenvalue weighted by Gasteiger charge is 2.13. The Morgan fingerprint density at radius 3 is 1.51 bits per heavy atom. The standard InChI is InChI=1S/C48H35N/c1-2-8-35(9-3-1)36-18-14-33(15-19-36)31-49-32-34-16-20-37(21-17-34)39-22-23-41-29-43(25-24-40(41)28-39)48-45-13-7-5-11-42(45)30-47-44-12-6-4-10-38(44)26-27-46(47)48/h1-30,49H,31-32H2. The predicted molar refractivity (Wildman–Crippen MR) is 210 cm³/mol. The third-order valence-electron chi connectivity index (χ3n) is 9.91. The van der Waals surface area contributed by atoms with Crippen molar-refractivity contribution in [1.29, 1.82) is 0 Å². The summed E-state index contributed by atoms with van der Waals surface area (Å²) in [5.41, 5.74) is 10.1. The van der Waals surface area contributed by atoms with E-state index in [4.69, 9.17) is 0 Å². The Hall–Kier alpha value is -6.02. The van der Waals surface area contributed by atoms with Crippen LogP contribution < -0.4 is 5.32 Å². The summed E-state index contributed by atoms with van der Waals surface area (Å²) in [4.78, 5) is 0. The summed E-state index contributed by atoms with van der Waals surface area (Å²) in [5.74, 6) is 0. The first-order chi connectivity index (χ1) is 24.3. The van der Waals surface area contributed by atoms with Crippen LogP contribution >= 0.6 is 0 Å². The first kappa shape index (κ1) is 29.1. The van der Waals surface area contributed by atoms with Crippen molar-refractivity contribution >= 4 is 43.1 Å². The molecule has 232 valence electrons. The first-order valence-electron chi connectivity index (χ1n) is 17.1. The summed E-state index contributed by atoms with van der Waals surface area (Å²) in [6.07, 6.45) is 0. The van der Waals surface area contributed by atoms with E-state index >= 15 is 0 Å². The van der Waals surface area contributed by atoms with Gasteiger partial charge in [0.05, 0.1) is 0 Å². The third-order valence-corrected chi connectivity index (χ3v) is 9.91. The second kappa shape index (κ2) is 12.5. The molecule has 9 aromatic carbocycles. The lowest BCUT2D eigenvalue weighted by Crippen LogP contribution is -2.12. The molecule has 0 aliphatic carbocycles. The van der Waals surface area contributed by atoms with Crippen molar-refractivity contribution in [2.75, 3.05) is 0 Å². The van der Waals surface area contributed by atoms with Gasteiger partial charge in [0.25, 0.3) is 0 Å². The van der Waals surface area contributed by atoms with Gasteiger partial charge < -0.3 is 5.32 Å². The lowest BCUT2D eigenvalue weighted by molar-refractivity contribution is 0.693. The van der Waals surface area contributed by atoms with Crippen molar-refractivity contribution < 1.29 is 0 Å². The Labute approximate surface area is 287 Å². The number of benzene rings is 9. The van der Waals surface area contributed by atoms with E-state index in [0.717, 1.165) is 13.1 Å². The largest absolute Gasteiger partial charge is 0.309 e. The maximum atomic E-state index is 3.61. The van der Waals surface area contributed by atoms with Gasteiger partial charge in [0.15, 0.2) is 0 Å². The van der Waals surface area contributed by atoms with Gasteiger partial charge in [0.2, 0.25) is 0 Å². The van der Waals surface area contributed by atoms with Crippen LogP contribution in [0.15, 0.2) is 182 Å². The van der Waals surface area contributed by atoms with Crippen LogP contribution in [0.2, 0.25) is 0 Å². The predicted octanol–water partition coefficient (Wildman–Crippen LogP) is 12.6. The highest BCUT2D eigenvalue weighted by atomic mass is 14.8. The average molecular weight is 626 g/mol. The molecule has 0 spiro atoms. The molecule has 9 aromatic rings. The molecule has 1 nitrogen and oxygen atoms in total. The molecule has 0 aliphatic rings. The van der Waals surface area contributed by atoms with Gasteiger partial charge in [-0.15, -0.1) is 0 Å². The molecular weight excluding hydrogens is 591 g/mol. The van der Waals surface area contributed by atoms with Crippen LogP contribution in [0.1, 0.15) is 11.1 Å². The Morgan fingerprint density at radius 1 is 0.286 bits per heavy atom. The monoisotopic (exact) mass is 625 g/mol. The molecule has 49 heavy (non-hydrogen) atoms. The third kappa shape index (κ3) is 5.65. The molecule has 9 rings (SSSR count). The smallest absolute Gasteiger partial charge is 0.0208 e. The molecule has 0 heterocycles. The zero-order valence-electron chi connectivity index (χ0n) is 27.2. The molecule has 0 radical (unpaired) electrons. The molecular formula is C48H35N. The van der Waals surface area contributed by atoms with Gasteiger partial charge in [-0.05, 0) is 106 Å². The van der Waals surface area contributed by atoms with Gasteiger partial charge in [-0.25, -0.2) is 0 Å². The second-order valence-corrected chi connectivity index (χ2v) is 13.0. The van der Waals surface area contributed by atoms with Crippen molar-refractivity contribution in [2.45, 2.75) is 13.1 Å². The Bertz CT molecular complexity index is 2600. The van der Waals surface area contributed by atoms with E-state index in [1.165, 1.54) is 87.6 Å². The highest BCUT2D eigenvalue weighted by molar-refractivity contribution is 6.20. The molecule has 0 atom stereocenters. The fraction of sp³-hybridized carbons (Fsp3) is 0.0417. The van der Waals surface area contributed by atoms with Gasteiger partial charge in [-0.3, -0.25) is 0 Å². The molecule has 0 aliphatic heterocycles. The van der Waals surface area contributed by atoms with Gasteiger partial charge in [-0.2, -0.15) is 0 Å². The molecule has 1 N–H and O–H groups in total. The van der Waals surface area contributed by atoms with E-state index in [9.17, 15) is 0 Å². The van der Waals surface area contributed by atoms with E-state index in [2.05, 4.69) is 187 Å². The van der Waals surface area contributed by atoms with Crippen molar-refractivity contribution in [3.05, 3.63) is 193 Å². The Balaban J connectivity index is 0.949. The van der Waals surface area contributed by atoms with E-state index in [-0.39, 0.29) is 0 Å². The average Bonchev–Trinajstić information content (AvgIpc) is 3.17. The van der Waals surface area contributed by atoms with Crippen molar-refractivity contribution in [2.24, 2.45) is 0 Å². The molecule has 0 unspecified atom stereocenters. The number of fused-ring (bicyclic) bond motifs is 5. The molecule has 0 saturated heterocycles. The summed E-state index contributed by atoms with van der Waals surface area (Å²) in [5, 5.41) is 13.8. The molecule has 0 saturated carbocycles. The normalized spacial score (nSPS) is 11.5. The van der Waals surface area contributed by atoms with E-state index in [1.807, 2.05) is 0 Å². The summed E-state index contributed by atoms with van der Waals surface area (Å²) in [6, 6.07) is 66.5. The van der Waals surface area contributed by atoms with Gasteiger partial charge in [0.1, 0.15) is 0 Å². The van der Waals surface area contributed by atoms with Gasteiger partial charge in [-0.1, -0.05) is 164 Å². The SMILES string of the molecule is c1ccc(-c2ccc(CNCc3ccc(-c4ccc5cc(-c6c7ccccc7cc7c6ccc6ccccc67)ccc5c4)cc3)cc2)cc1. The van der Waals surface area contributed by atoms with Crippen molar-refractivity contribution in [3.8, 4) is 33.4 Å². The summed E-state index contributed by atoms with van der Waals surface area (Å²) < 4.78 is 0. The Morgan fingerprint density at radius 2 is 0.796 bits per heavy atom. The lowest BCUT2D eigenvalue weighted by atomic mass is 9.89. The van der Waals surface area contributed by atoms with E-state index in [1.54, 1.807) is 0 Å². The fourth-order valence-corrected chi connectivity index (χ4v) is 7.32. The molecule has 0 aromatic heterocycles. The van der Waals surface area contributed by atoms with Crippen molar-refractivity contribution in [3.63, 3.8) is 0 Å². The van der Waals surface area contributed by atoms with Gasteiger partial charge >= 0.3 is 0 Å². The maximum Gasteiger partial charge on any atom is 0.0208 e. The van der Waals surface area contributed by atoms with E-state index < -0.39 is 0 Å². The van der Waals surface area contributed by atoms with Crippen LogP contribution in [-0.2, 0) is 13.1 Å². The van der Waals surface area contributed by atoms with Crippen LogP contribution in [0.25, 0.3) is 76.5 Å². The zero-order chi connectivity index (χ0) is 32.6. The Kier molecular flexibility index (Phi) is 7.46. The number of hydrogen-bond donors (Lipinski definition) is 1. The van der Waals surface area contributed by atoms with Crippen LogP contribution in [-0.4, -0.2) is 0 Å². The zero-order valence-corrected chi connectivity index (χ0v) is 27.2. The number of hydrogen-bond acceptors (Lipinski definition) is 1. The summed E-state index contributed by atoms with van der Waals surface area (Å²) in [7, 11) is 0. The van der Waals surface area contributed by atoms with Gasteiger partial charge in [0, 0.05) is 13.1 Å². The lowest BCUT2D eigenvalue weighted by Gasteiger charge is -2.15. The minimum absolute atomic E-state index is 0.833. The minimum atomic E-state index is 0.833. The molecule has 1 heteroatoms. The van der Waals surface area contributed by atoms with E-state index in [0.29, 0.717) is 0 Å². The van der Waals surface area contributed by atoms with Crippen LogP contribution in [0.4, 0.5) is 0 Å². The second-order valence-electron chi connectivity index (χ2n) is 13.0. The first-order valence-corrected chi connectivity index (χ1v) is 17.1. The van der Waals surface area contributed by atoms with Crippen LogP contribution in [0.5, 0.6) is 0 Å². The topological polar surface area (TPSA) is 12.0 Å². The fourth-order valence-electron chi connectivity index (χ4n) is 7.32.